The lowest BCUT2D eigenvalue weighted by molar-refractivity contribution is 0.0947. The van der Waals surface area contributed by atoms with Crippen molar-refractivity contribution < 1.29 is 14.3 Å². The number of likely N-dealkylation sites (N-methyl/N-ethyl adjacent to an activating group) is 1. The molecule has 0 bridgehead atoms. The van der Waals surface area contributed by atoms with E-state index < -0.39 is 0 Å². The maximum atomic E-state index is 12.4. The van der Waals surface area contributed by atoms with Gasteiger partial charge in [-0.1, -0.05) is 24.3 Å². The van der Waals surface area contributed by atoms with Crippen LogP contribution in [0.25, 0.3) is 0 Å². The quantitative estimate of drug-likeness (QED) is 0.726. The zero-order chi connectivity index (χ0) is 18.1. The molecular weight excluding hydrogens is 352 g/mol. The van der Waals surface area contributed by atoms with Gasteiger partial charge in [0.1, 0.15) is 18.1 Å². The molecular formula is C20H27ClN2O3. The van der Waals surface area contributed by atoms with Gasteiger partial charge in [-0.3, -0.25) is 4.79 Å². The largest absolute Gasteiger partial charge is 0.493 e. The minimum absolute atomic E-state index is 0. The molecule has 2 rings (SSSR count). The zero-order valence-corrected chi connectivity index (χ0v) is 16.3. The van der Waals surface area contributed by atoms with E-state index in [9.17, 15) is 4.79 Å². The third-order valence-electron chi connectivity index (χ3n) is 3.62. The first-order valence-electron chi connectivity index (χ1n) is 8.46. The number of carbonyl (C=O) groups is 1. The highest BCUT2D eigenvalue weighted by Gasteiger charge is 2.11. The molecule has 0 aromatic heterocycles. The minimum atomic E-state index is -0.143. The van der Waals surface area contributed by atoms with E-state index in [0.29, 0.717) is 31.1 Å². The summed E-state index contributed by atoms with van der Waals surface area (Å²) in [6, 6.07) is 15.0. The first-order valence-corrected chi connectivity index (χ1v) is 8.46. The number of benzene rings is 2. The SMILES string of the molecule is CCOc1ccccc1C(=O)NCc1ccc(OCCN(C)C)cc1.Cl. The third-order valence-corrected chi connectivity index (χ3v) is 3.62. The second-order valence-electron chi connectivity index (χ2n) is 5.91. The van der Waals surface area contributed by atoms with Gasteiger partial charge in [0.05, 0.1) is 12.2 Å². The highest BCUT2D eigenvalue weighted by molar-refractivity contribution is 5.96. The standard InChI is InChI=1S/C20H26N2O3.ClH/c1-4-24-19-8-6-5-7-18(19)20(23)21-15-16-9-11-17(12-10-16)25-14-13-22(2)3;/h5-12H,4,13-15H2,1-3H3,(H,21,23);1H. The molecule has 0 unspecified atom stereocenters. The van der Waals surface area contributed by atoms with E-state index in [1.54, 1.807) is 12.1 Å². The molecule has 2 aromatic rings. The average molecular weight is 379 g/mol. The summed E-state index contributed by atoms with van der Waals surface area (Å²) in [5.74, 6) is 1.29. The summed E-state index contributed by atoms with van der Waals surface area (Å²) in [5, 5.41) is 2.93. The Balaban J connectivity index is 0.00000338. The highest BCUT2D eigenvalue weighted by Crippen LogP contribution is 2.18. The van der Waals surface area contributed by atoms with E-state index in [1.807, 2.05) is 57.4 Å². The second-order valence-corrected chi connectivity index (χ2v) is 5.91. The lowest BCUT2D eigenvalue weighted by Gasteiger charge is -2.12. The van der Waals surface area contributed by atoms with Crippen LogP contribution >= 0.6 is 12.4 Å². The van der Waals surface area contributed by atoms with Crippen LogP contribution in [-0.2, 0) is 6.54 Å². The zero-order valence-electron chi connectivity index (χ0n) is 15.5. The van der Waals surface area contributed by atoms with Gasteiger partial charge in [0.2, 0.25) is 0 Å². The van der Waals surface area contributed by atoms with Crippen LogP contribution in [0.15, 0.2) is 48.5 Å². The van der Waals surface area contributed by atoms with Crippen molar-refractivity contribution in [2.45, 2.75) is 13.5 Å². The molecule has 0 saturated heterocycles. The topological polar surface area (TPSA) is 50.8 Å². The number of halogens is 1. The van der Waals surface area contributed by atoms with Crippen molar-refractivity contribution in [2.75, 3.05) is 33.9 Å². The molecule has 0 saturated carbocycles. The van der Waals surface area contributed by atoms with Crippen LogP contribution in [0.3, 0.4) is 0 Å². The Labute approximate surface area is 161 Å². The molecule has 6 heteroatoms. The second kappa shape index (κ2) is 11.4. The molecule has 0 atom stereocenters. The van der Waals surface area contributed by atoms with Crippen LogP contribution in [-0.4, -0.2) is 44.7 Å². The summed E-state index contributed by atoms with van der Waals surface area (Å²) >= 11 is 0. The Morgan fingerprint density at radius 3 is 2.38 bits per heavy atom. The normalized spacial score (nSPS) is 10.2. The predicted octanol–water partition coefficient (Wildman–Crippen LogP) is 3.38. The highest BCUT2D eigenvalue weighted by atomic mass is 35.5. The van der Waals surface area contributed by atoms with Crippen molar-refractivity contribution in [2.24, 2.45) is 0 Å². The van der Waals surface area contributed by atoms with E-state index in [0.717, 1.165) is 17.9 Å². The number of nitrogens with zero attached hydrogens (tertiary/aromatic N) is 1. The van der Waals surface area contributed by atoms with Crippen LogP contribution in [0.1, 0.15) is 22.8 Å². The van der Waals surface area contributed by atoms with E-state index in [4.69, 9.17) is 9.47 Å². The van der Waals surface area contributed by atoms with Gasteiger partial charge in [0.25, 0.3) is 5.91 Å². The van der Waals surface area contributed by atoms with Gasteiger partial charge in [-0.15, -0.1) is 12.4 Å². The van der Waals surface area contributed by atoms with Crippen molar-refractivity contribution in [1.29, 1.82) is 0 Å². The molecule has 1 N–H and O–H groups in total. The summed E-state index contributed by atoms with van der Waals surface area (Å²) in [4.78, 5) is 14.4. The number of hydrogen-bond acceptors (Lipinski definition) is 4. The summed E-state index contributed by atoms with van der Waals surface area (Å²) in [5.41, 5.74) is 1.56. The summed E-state index contributed by atoms with van der Waals surface area (Å²) in [7, 11) is 4.03. The van der Waals surface area contributed by atoms with Crippen LogP contribution in [0.2, 0.25) is 0 Å². The van der Waals surface area contributed by atoms with Crippen LogP contribution in [0.5, 0.6) is 11.5 Å². The number of carbonyl (C=O) groups excluding carboxylic acids is 1. The van der Waals surface area contributed by atoms with E-state index >= 15 is 0 Å². The first kappa shape index (κ1) is 21.8. The smallest absolute Gasteiger partial charge is 0.255 e. The Hall–Kier alpha value is -2.24. The Morgan fingerprint density at radius 2 is 1.73 bits per heavy atom. The molecule has 142 valence electrons. The van der Waals surface area contributed by atoms with Crippen molar-refractivity contribution in [3.63, 3.8) is 0 Å². The number of hydrogen-bond donors (Lipinski definition) is 1. The summed E-state index contributed by atoms with van der Waals surface area (Å²) in [6.45, 7) is 4.40. The lowest BCUT2D eigenvalue weighted by Crippen LogP contribution is -2.23. The van der Waals surface area contributed by atoms with Gasteiger partial charge < -0.3 is 19.7 Å². The van der Waals surface area contributed by atoms with Gasteiger partial charge in [-0.05, 0) is 50.8 Å². The summed E-state index contributed by atoms with van der Waals surface area (Å²) in [6.07, 6.45) is 0. The Bertz CT molecular complexity index is 675. The van der Waals surface area contributed by atoms with Crippen LogP contribution in [0.4, 0.5) is 0 Å². The van der Waals surface area contributed by atoms with Gasteiger partial charge in [-0.25, -0.2) is 0 Å². The molecule has 26 heavy (non-hydrogen) atoms. The molecule has 0 radical (unpaired) electrons. The molecule has 5 nitrogen and oxygen atoms in total. The van der Waals surface area contributed by atoms with Crippen molar-refractivity contribution in [3.05, 3.63) is 59.7 Å². The molecule has 1 amide bonds. The van der Waals surface area contributed by atoms with Crippen LogP contribution < -0.4 is 14.8 Å². The van der Waals surface area contributed by atoms with Gasteiger partial charge in [-0.2, -0.15) is 0 Å². The van der Waals surface area contributed by atoms with Gasteiger partial charge in [0, 0.05) is 13.1 Å². The van der Waals surface area contributed by atoms with E-state index in [1.165, 1.54) is 0 Å². The van der Waals surface area contributed by atoms with E-state index in [-0.39, 0.29) is 18.3 Å². The number of rotatable bonds is 9. The van der Waals surface area contributed by atoms with Crippen molar-refractivity contribution in [1.82, 2.24) is 10.2 Å². The minimum Gasteiger partial charge on any atom is -0.493 e. The molecule has 0 fully saturated rings. The van der Waals surface area contributed by atoms with Crippen molar-refractivity contribution >= 4 is 18.3 Å². The maximum absolute atomic E-state index is 12.4. The molecule has 2 aromatic carbocycles. The van der Waals surface area contributed by atoms with E-state index in [2.05, 4.69) is 10.2 Å². The Kier molecular flexibility index (Phi) is 9.55. The fraction of sp³-hybridized carbons (Fsp3) is 0.350. The fourth-order valence-electron chi connectivity index (χ4n) is 2.26. The first-order chi connectivity index (χ1) is 12.1. The molecule has 0 aliphatic rings. The average Bonchev–Trinajstić information content (AvgIpc) is 2.61. The number of para-hydroxylation sites is 1. The van der Waals surface area contributed by atoms with Gasteiger partial charge >= 0.3 is 0 Å². The predicted molar refractivity (Wildman–Crippen MR) is 107 cm³/mol. The fourth-order valence-corrected chi connectivity index (χ4v) is 2.26. The molecule has 0 spiro atoms. The third kappa shape index (κ3) is 6.94. The number of ether oxygens (including phenoxy) is 2. The Morgan fingerprint density at radius 1 is 1.04 bits per heavy atom. The number of amides is 1. The monoisotopic (exact) mass is 378 g/mol. The van der Waals surface area contributed by atoms with Gasteiger partial charge in [0.15, 0.2) is 0 Å². The molecule has 0 aliphatic carbocycles. The summed E-state index contributed by atoms with van der Waals surface area (Å²) < 4.78 is 11.2. The maximum Gasteiger partial charge on any atom is 0.255 e. The van der Waals surface area contributed by atoms with Crippen molar-refractivity contribution in [3.8, 4) is 11.5 Å². The number of nitrogens with one attached hydrogen (secondary N) is 1. The van der Waals surface area contributed by atoms with Crippen LogP contribution in [0, 0.1) is 0 Å². The lowest BCUT2D eigenvalue weighted by atomic mass is 10.1. The molecule has 0 aliphatic heterocycles. The molecule has 0 heterocycles.